The van der Waals surface area contributed by atoms with Gasteiger partial charge in [-0.25, -0.2) is 8.78 Å². The first-order valence-corrected chi connectivity index (χ1v) is 10.0. The molecule has 2 aromatic carbocycles. The Morgan fingerprint density at radius 1 is 1.10 bits per heavy atom. The first-order valence-electron chi connectivity index (χ1n) is 10.0. The summed E-state index contributed by atoms with van der Waals surface area (Å²) in [6.07, 6.45) is 5.34. The predicted molar refractivity (Wildman–Crippen MR) is 108 cm³/mol. The number of halogens is 2. The van der Waals surface area contributed by atoms with E-state index < -0.39 is 18.0 Å². The normalized spacial score (nSPS) is 19.2. The van der Waals surface area contributed by atoms with E-state index in [4.69, 9.17) is 4.74 Å². The summed E-state index contributed by atoms with van der Waals surface area (Å²) in [5.41, 5.74) is 2.35. The first kappa shape index (κ1) is 19.6. The largest absolute Gasteiger partial charge is 0.470 e. The topological polar surface area (TPSA) is 41.6 Å². The molecule has 2 heterocycles. The van der Waals surface area contributed by atoms with Crippen molar-refractivity contribution in [3.8, 4) is 5.75 Å². The van der Waals surface area contributed by atoms with Crippen LogP contribution >= 0.6 is 0 Å². The fourth-order valence-electron chi connectivity index (χ4n) is 3.86. The van der Waals surface area contributed by atoms with Gasteiger partial charge in [-0.05, 0) is 61.2 Å². The van der Waals surface area contributed by atoms with Crippen molar-refractivity contribution in [2.24, 2.45) is 0 Å². The molecule has 0 bridgehead atoms. The van der Waals surface area contributed by atoms with E-state index in [0.717, 1.165) is 44.5 Å². The molecule has 1 N–H and O–H groups in total. The lowest BCUT2D eigenvalue weighted by Gasteiger charge is -2.28. The van der Waals surface area contributed by atoms with Crippen molar-refractivity contribution >= 4 is 11.5 Å². The third-order valence-corrected chi connectivity index (χ3v) is 5.46. The van der Waals surface area contributed by atoms with Gasteiger partial charge < -0.3 is 10.1 Å². The number of hydrogen-bond donors (Lipinski definition) is 1. The van der Waals surface area contributed by atoms with E-state index in [2.05, 4.69) is 16.3 Å². The number of carbonyl (C=O) groups excluding carboxylic acids is 1. The van der Waals surface area contributed by atoms with Crippen LogP contribution in [0.1, 0.15) is 41.6 Å². The molecule has 2 aliphatic heterocycles. The minimum absolute atomic E-state index is 0.0131. The number of unbranched alkanes of at least 4 members (excludes halogenated alkanes) is 1. The lowest BCUT2D eigenvalue weighted by atomic mass is 9.99. The maximum Gasteiger partial charge on any atom is 0.260 e. The van der Waals surface area contributed by atoms with Crippen molar-refractivity contribution < 1.29 is 18.3 Å². The van der Waals surface area contributed by atoms with Crippen LogP contribution in [0.5, 0.6) is 5.75 Å². The quantitative estimate of drug-likeness (QED) is 0.735. The molecular formula is C23H24F2N2O2. The van der Waals surface area contributed by atoms with Crippen molar-refractivity contribution in [3.63, 3.8) is 0 Å². The maximum atomic E-state index is 13.7. The molecule has 1 amide bonds. The van der Waals surface area contributed by atoms with Gasteiger partial charge in [-0.3, -0.25) is 9.69 Å². The number of carbonyl (C=O) groups is 1. The Balaban J connectivity index is 1.21. The van der Waals surface area contributed by atoms with E-state index >= 15 is 0 Å². The predicted octanol–water partition coefficient (Wildman–Crippen LogP) is 4.37. The minimum Gasteiger partial charge on any atom is -0.470 e. The van der Waals surface area contributed by atoms with Crippen molar-refractivity contribution in [3.05, 3.63) is 71.3 Å². The molecule has 2 aliphatic rings. The van der Waals surface area contributed by atoms with Gasteiger partial charge >= 0.3 is 0 Å². The van der Waals surface area contributed by atoms with Gasteiger partial charge in [0.15, 0.2) is 6.23 Å². The summed E-state index contributed by atoms with van der Waals surface area (Å²) in [6, 6.07) is 11.1. The highest BCUT2D eigenvalue weighted by molar-refractivity contribution is 5.98. The summed E-state index contributed by atoms with van der Waals surface area (Å²) >= 11 is 0. The highest BCUT2D eigenvalue weighted by Gasteiger charge is 2.27. The lowest BCUT2D eigenvalue weighted by molar-refractivity contribution is 0.0725. The molecule has 0 saturated carbocycles. The number of fused-ring (bicyclic) bond motifs is 1. The molecular weight excluding hydrogens is 374 g/mol. The van der Waals surface area contributed by atoms with Crippen LogP contribution in [0.4, 0.5) is 8.78 Å². The average molecular weight is 398 g/mol. The van der Waals surface area contributed by atoms with Crippen LogP contribution in [0.2, 0.25) is 0 Å². The molecule has 152 valence electrons. The van der Waals surface area contributed by atoms with Gasteiger partial charge in [0.1, 0.15) is 22.9 Å². The van der Waals surface area contributed by atoms with Crippen LogP contribution in [-0.4, -0.2) is 36.7 Å². The lowest BCUT2D eigenvalue weighted by Crippen LogP contribution is -2.43. The molecule has 0 radical (unpaired) electrons. The zero-order chi connectivity index (χ0) is 20.2. The van der Waals surface area contributed by atoms with Gasteiger partial charge in [-0.15, -0.1) is 0 Å². The van der Waals surface area contributed by atoms with E-state index in [1.54, 1.807) is 12.1 Å². The molecule has 6 heteroatoms. The van der Waals surface area contributed by atoms with Crippen LogP contribution < -0.4 is 10.1 Å². The van der Waals surface area contributed by atoms with Gasteiger partial charge in [0.25, 0.3) is 5.91 Å². The molecule has 0 aliphatic carbocycles. The molecule has 0 saturated heterocycles. The highest BCUT2D eigenvalue weighted by atomic mass is 19.1. The highest BCUT2D eigenvalue weighted by Crippen LogP contribution is 2.27. The van der Waals surface area contributed by atoms with Gasteiger partial charge in [0.05, 0.1) is 0 Å². The minimum atomic E-state index is -0.559. The molecule has 0 spiro atoms. The third kappa shape index (κ3) is 4.65. The molecule has 2 aromatic rings. The Morgan fingerprint density at radius 2 is 1.93 bits per heavy atom. The van der Waals surface area contributed by atoms with Crippen LogP contribution in [0.25, 0.3) is 5.57 Å². The van der Waals surface area contributed by atoms with E-state index in [-0.39, 0.29) is 11.4 Å². The second-order valence-corrected chi connectivity index (χ2v) is 7.48. The van der Waals surface area contributed by atoms with Crippen molar-refractivity contribution in [2.45, 2.75) is 31.9 Å². The third-order valence-electron chi connectivity index (χ3n) is 5.46. The van der Waals surface area contributed by atoms with Gasteiger partial charge in [-0.1, -0.05) is 24.3 Å². The molecule has 1 atom stereocenters. The van der Waals surface area contributed by atoms with Gasteiger partial charge in [-0.2, -0.15) is 0 Å². The summed E-state index contributed by atoms with van der Waals surface area (Å²) in [4.78, 5) is 14.5. The Hall–Kier alpha value is -2.73. The Labute approximate surface area is 169 Å². The van der Waals surface area contributed by atoms with Crippen molar-refractivity contribution in [1.82, 2.24) is 10.2 Å². The van der Waals surface area contributed by atoms with Gasteiger partial charge in [0, 0.05) is 19.5 Å². The van der Waals surface area contributed by atoms with Crippen LogP contribution in [-0.2, 0) is 0 Å². The number of nitrogens with zero attached hydrogens (tertiary/aromatic N) is 1. The number of benzene rings is 2. The average Bonchev–Trinajstić information content (AvgIpc) is 2.72. The number of hydrogen-bond acceptors (Lipinski definition) is 3. The first-order chi connectivity index (χ1) is 14.1. The number of amides is 1. The second kappa shape index (κ2) is 8.74. The smallest absolute Gasteiger partial charge is 0.260 e. The molecule has 0 aromatic heterocycles. The number of ether oxygens (including phenoxy) is 1. The van der Waals surface area contributed by atoms with Crippen molar-refractivity contribution in [2.75, 3.05) is 19.6 Å². The zero-order valence-corrected chi connectivity index (χ0v) is 16.2. The molecule has 1 unspecified atom stereocenters. The fourth-order valence-corrected chi connectivity index (χ4v) is 3.86. The molecule has 4 nitrogen and oxygen atoms in total. The number of nitrogens with one attached hydrogen (secondary N) is 1. The van der Waals surface area contributed by atoms with E-state index in [0.29, 0.717) is 12.2 Å². The van der Waals surface area contributed by atoms with Crippen molar-refractivity contribution in [1.29, 1.82) is 0 Å². The Kier molecular flexibility index (Phi) is 5.90. The maximum absolute atomic E-state index is 13.7. The van der Waals surface area contributed by atoms with E-state index in [1.165, 1.54) is 23.8 Å². The summed E-state index contributed by atoms with van der Waals surface area (Å²) in [6.45, 7) is 2.83. The standard InChI is InChI=1S/C23H24F2N2O2/c24-18-9-7-16(8-10-18)17-11-14-27(15-12-17)13-2-1-6-21-26-23(28)22-19(25)4-3-5-20(22)29-21/h3-5,7-11,21H,1-2,6,12-15H2,(H,26,28). The summed E-state index contributed by atoms with van der Waals surface area (Å²) < 4.78 is 32.5. The summed E-state index contributed by atoms with van der Waals surface area (Å²) in [5, 5.41) is 2.73. The zero-order valence-electron chi connectivity index (χ0n) is 16.2. The monoisotopic (exact) mass is 398 g/mol. The number of rotatable bonds is 6. The van der Waals surface area contributed by atoms with Gasteiger partial charge in [0.2, 0.25) is 0 Å². The van der Waals surface area contributed by atoms with E-state index in [1.807, 2.05) is 12.1 Å². The summed E-state index contributed by atoms with van der Waals surface area (Å²) in [7, 11) is 0. The van der Waals surface area contributed by atoms with E-state index in [9.17, 15) is 13.6 Å². The molecule has 0 fully saturated rings. The van der Waals surface area contributed by atoms with Crippen LogP contribution in [0.3, 0.4) is 0 Å². The Bertz CT molecular complexity index is 912. The Morgan fingerprint density at radius 3 is 2.69 bits per heavy atom. The second-order valence-electron chi connectivity index (χ2n) is 7.48. The van der Waals surface area contributed by atoms with Crippen LogP contribution in [0.15, 0.2) is 48.5 Å². The molecule has 29 heavy (non-hydrogen) atoms. The van der Waals surface area contributed by atoms with Crippen LogP contribution in [0, 0.1) is 11.6 Å². The summed E-state index contributed by atoms with van der Waals surface area (Å²) in [5.74, 6) is -0.868. The fraction of sp³-hybridized carbons (Fsp3) is 0.348. The molecule has 4 rings (SSSR count). The SMILES string of the molecule is O=C1NC(CCCCN2CC=C(c3ccc(F)cc3)CC2)Oc2cccc(F)c21.